The van der Waals surface area contributed by atoms with Crippen molar-refractivity contribution in [1.82, 2.24) is 9.62 Å². The Morgan fingerprint density at radius 3 is 2.73 bits per heavy atom. The van der Waals surface area contributed by atoms with E-state index in [4.69, 9.17) is 0 Å². The van der Waals surface area contributed by atoms with E-state index in [0.29, 0.717) is 5.75 Å². The quantitative estimate of drug-likeness (QED) is 0.594. The highest BCUT2D eigenvalue weighted by molar-refractivity contribution is 8.22. The zero-order chi connectivity index (χ0) is 8.32. The Bertz CT molecular complexity index is 132. The lowest BCUT2D eigenvalue weighted by atomic mass is 10.5. The minimum absolute atomic E-state index is 0.552. The van der Waals surface area contributed by atoms with Gasteiger partial charge < -0.3 is 5.32 Å². The van der Waals surface area contributed by atoms with Crippen molar-refractivity contribution in [3.05, 3.63) is 0 Å². The molecule has 4 nitrogen and oxygen atoms in total. The smallest absolute Gasteiger partial charge is 0.0543 e. The number of likely N-dealkylation sites (N-methyl/N-ethyl adjacent to an activating group) is 1. The third-order valence-electron chi connectivity index (χ3n) is 1.85. The number of nitrogens with one attached hydrogen (secondary N) is 1. The predicted octanol–water partition coefficient (Wildman–Crippen LogP) is 0.577. The molecule has 0 spiro atoms. The lowest BCUT2D eigenvalue weighted by molar-refractivity contribution is 0.378. The van der Waals surface area contributed by atoms with Crippen LogP contribution in [0.5, 0.6) is 0 Å². The van der Waals surface area contributed by atoms with Crippen molar-refractivity contribution in [2.24, 2.45) is 0 Å². The fourth-order valence-electron chi connectivity index (χ4n) is 1.20. The monoisotopic (exact) mass is 180 g/mol. The van der Waals surface area contributed by atoms with Gasteiger partial charge in [-0.25, -0.2) is 4.31 Å². The van der Waals surface area contributed by atoms with Gasteiger partial charge in [0.2, 0.25) is 0 Å². The molecule has 0 radical (unpaired) electrons. The van der Waals surface area contributed by atoms with Gasteiger partial charge in [-0.1, -0.05) is 0 Å². The summed E-state index contributed by atoms with van der Waals surface area (Å²) in [6.45, 7) is 2.37. The van der Waals surface area contributed by atoms with Gasteiger partial charge in [0.1, 0.15) is 0 Å². The van der Waals surface area contributed by atoms with Crippen LogP contribution in [-0.4, -0.2) is 45.8 Å². The van der Waals surface area contributed by atoms with Crippen molar-refractivity contribution in [2.75, 3.05) is 32.4 Å². The van der Waals surface area contributed by atoms with Crippen molar-refractivity contribution in [1.29, 1.82) is 0 Å². The number of nitrogens with zero attached hydrogens (tertiary/aromatic N) is 1. The molecule has 0 aromatic carbocycles. The molecule has 0 unspecified atom stereocenters. The van der Waals surface area contributed by atoms with Crippen LogP contribution in [-0.2, 0) is 0 Å². The summed E-state index contributed by atoms with van der Waals surface area (Å²) in [7, 11) is -0.503. The van der Waals surface area contributed by atoms with E-state index in [1.165, 1.54) is 0 Å². The van der Waals surface area contributed by atoms with Crippen molar-refractivity contribution in [3.63, 3.8) is 0 Å². The van der Waals surface area contributed by atoms with E-state index in [-0.39, 0.29) is 0 Å². The number of hydrogen-bond acceptors (Lipinski definition) is 4. The van der Waals surface area contributed by atoms with Gasteiger partial charge in [0.25, 0.3) is 0 Å². The first-order chi connectivity index (χ1) is 5.17. The van der Waals surface area contributed by atoms with Crippen LogP contribution in [0.2, 0.25) is 0 Å². The summed E-state index contributed by atoms with van der Waals surface area (Å²) in [6.07, 6.45) is 0.909. The molecule has 1 heterocycles. The zero-order valence-corrected chi connectivity index (χ0v) is 7.60. The van der Waals surface area contributed by atoms with Crippen LogP contribution in [0.1, 0.15) is 6.42 Å². The molecule has 0 bridgehead atoms. The first-order valence-corrected chi connectivity index (χ1v) is 5.50. The average molecular weight is 180 g/mol. The van der Waals surface area contributed by atoms with Crippen molar-refractivity contribution >= 4 is 10.8 Å². The van der Waals surface area contributed by atoms with Gasteiger partial charge in [-0.15, -0.1) is 10.8 Å². The Kier molecular flexibility index (Phi) is 3.15. The van der Waals surface area contributed by atoms with Crippen LogP contribution in [0.3, 0.4) is 0 Å². The summed E-state index contributed by atoms with van der Waals surface area (Å²) in [6, 6.07) is 0. The molecule has 0 saturated carbocycles. The normalized spacial score (nSPS) is 27.2. The van der Waals surface area contributed by atoms with E-state index in [2.05, 4.69) is 5.32 Å². The summed E-state index contributed by atoms with van der Waals surface area (Å²) >= 11 is 0. The van der Waals surface area contributed by atoms with Crippen molar-refractivity contribution in [2.45, 2.75) is 6.42 Å². The van der Waals surface area contributed by atoms with E-state index in [9.17, 15) is 9.11 Å². The Hall–Kier alpha value is 0.190. The lowest BCUT2D eigenvalue weighted by Gasteiger charge is -2.36. The van der Waals surface area contributed by atoms with Gasteiger partial charge in [0.05, 0.1) is 5.75 Å². The zero-order valence-electron chi connectivity index (χ0n) is 6.79. The third-order valence-corrected chi connectivity index (χ3v) is 3.88. The molecule has 5 heteroatoms. The van der Waals surface area contributed by atoms with Crippen LogP contribution in [0, 0.1) is 0 Å². The van der Waals surface area contributed by atoms with Gasteiger partial charge in [0, 0.05) is 19.6 Å². The van der Waals surface area contributed by atoms with Gasteiger partial charge in [-0.05, 0) is 13.5 Å². The topological polar surface area (TPSA) is 55.7 Å². The highest BCUT2D eigenvalue weighted by Gasteiger charge is 2.27. The van der Waals surface area contributed by atoms with Crippen molar-refractivity contribution < 1.29 is 9.11 Å². The maximum absolute atomic E-state index is 9.42. The molecular formula is C6H16N2O2S. The molecule has 0 aromatic heterocycles. The molecule has 0 amide bonds. The SMILES string of the molecule is CNCCN1CCCS1(O)O. The van der Waals surface area contributed by atoms with Crippen LogP contribution in [0.25, 0.3) is 0 Å². The number of rotatable bonds is 3. The molecule has 0 aliphatic carbocycles. The first kappa shape index (κ1) is 9.28. The highest BCUT2D eigenvalue weighted by atomic mass is 32.3. The van der Waals surface area contributed by atoms with Crippen LogP contribution in [0.4, 0.5) is 0 Å². The first-order valence-electron chi connectivity index (χ1n) is 3.82. The van der Waals surface area contributed by atoms with Crippen LogP contribution in [0.15, 0.2) is 0 Å². The fourth-order valence-corrected chi connectivity index (χ4v) is 2.78. The number of hydrogen-bond donors (Lipinski definition) is 3. The van der Waals surface area contributed by atoms with E-state index < -0.39 is 10.8 Å². The molecule has 1 aliphatic rings. The summed E-state index contributed by atoms with van der Waals surface area (Å²) < 4.78 is 20.6. The second-order valence-electron chi connectivity index (χ2n) is 2.72. The molecular weight excluding hydrogens is 164 g/mol. The predicted molar refractivity (Wildman–Crippen MR) is 47.8 cm³/mol. The second-order valence-corrected chi connectivity index (χ2v) is 4.91. The van der Waals surface area contributed by atoms with Gasteiger partial charge in [-0.2, -0.15) is 0 Å². The maximum atomic E-state index is 9.42. The minimum Gasteiger partial charge on any atom is -0.318 e. The Morgan fingerprint density at radius 1 is 1.55 bits per heavy atom. The van der Waals surface area contributed by atoms with E-state index in [1.54, 1.807) is 4.31 Å². The molecule has 0 aromatic rings. The maximum Gasteiger partial charge on any atom is 0.0543 e. The lowest BCUT2D eigenvalue weighted by Crippen LogP contribution is -2.29. The standard InChI is InChI=1S/C6H16N2O2S/c1-7-3-5-8-4-2-6-11(8,9)10/h7,9-10H,2-6H2,1H3. The van der Waals surface area contributed by atoms with Crippen LogP contribution >= 0.6 is 10.8 Å². The highest BCUT2D eigenvalue weighted by Crippen LogP contribution is 2.47. The summed E-state index contributed by atoms with van der Waals surface area (Å²) in [5.74, 6) is 0.552. The summed E-state index contributed by atoms with van der Waals surface area (Å²) in [5, 5.41) is 2.98. The summed E-state index contributed by atoms with van der Waals surface area (Å²) in [5.41, 5.74) is 0. The van der Waals surface area contributed by atoms with Crippen molar-refractivity contribution in [3.8, 4) is 0 Å². The van der Waals surface area contributed by atoms with Gasteiger partial charge >= 0.3 is 0 Å². The average Bonchev–Trinajstić information content (AvgIpc) is 2.25. The molecule has 3 N–H and O–H groups in total. The van der Waals surface area contributed by atoms with E-state index in [1.807, 2.05) is 7.05 Å². The third kappa shape index (κ3) is 2.31. The molecule has 11 heavy (non-hydrogen) atoms. The second kappa shape index (κ2) is 3.73. The van der Waals surface area contributed by atoms with Gasteiger partial charge in [0.15, 0.2) is 0 Å². The Balaban J connectivity index is 2.32. The van der Waals surface area contributed by atoms with Gasteiger partial charge in [-0.3, -0.25) is 9.11 Å². The summed E-state index contributed by atoms with van der Waals surface area (Å²) in [4.78, 5) is 0. The molecule has 1 fully saturated rings. The van der Waals surface area contributed by atoms with E-state index in [0.717, 1.165) is 26.1 Å². The Labute approximate surface area is 69.1 Å². The Morgan fingerprint density at radius 2 is 2.27 bits per heavy atom. The molecule has 68 valence electrons. The molecule has 0 atom stereocenters. The molecule has 1 aliphatic heterocycles. The largest absolute Gasteiger partial charge is 0.318 e. The van der Waals surface area contributed by atoms with Crippen LogP contribution < -0.4 is 5.32 Å². The fraction of sp³-hybridized carbons (Fsp3) is 1.00. The molecule has 1 saturated heterocycles. The molecule has 1 rings (SSSR count). The van der Waals surface area contributed by atoms with E-state index >= 15 is 0 Å². The minimum atomic E-state index is -2.37.